The molecule has 4 unspecified atom stereocenters. The monoisotopic (exact) mass is 1040 g/mol. The second-order valence-electron chi connectivity index (χ2n) is 21.2. The number of aliphatic hydroxyl groups is 7. The number of carbonyl (C=O) groups is 2. The third-order valence-corrected chi connectivity index (χ3v) is 14.5. The standard InChI is InChI=1S/C58H108O15/c1-3-5-7-9-11-13-15-17-19-21-23-25-26-28-30-32-34-36-38-40-49(60)68-43-46(71-50(61)41-39-37-35-33-31-29-27-24-22-20-18-16-14-12-10-8-6-4-2)44-69-57-56(67)54(65)52(63)48(73-57)45-70-58-55(66)53(64)51(62)47(42-59)72-58/h17,19,46-48,51-59,62-67H,3-16,18,20-45H2,1-2H3/b19-17+/t46-,47+,48+,51-,52-,53?,54?,55?,56?,57+,58+/m0/s1. The molecule has 0 aliphatic carbocycles. The van der Waals surface area contributed by atoms with Gasteiger partial charge in [-0.15, -0.1) is 0 Å². The van der Waals surface area contributed by atoms with Crippen LogP contribution in [0.3, 0.4) is 0 Å². The topological polar surface area (TPSA) is 231 Å². The second-order valence-corrected chi connectivity index (χ2v) is 21.2. The molecule has 430 valence electrons. The molecule has 2 fully saturated rings. The normalized spacial score (nSPS) is 24.8. The molecule has 0 aromatic rings. The lowest BCUT2D eigenvalue weighted by Gasteiger charge is -2.42. The van der Waals surface area contributed by atoms with E-state index in [0.717, 1.165) is 38.5 Å². The van der Waals surface area contributed by atoms with E-state index in [1.54, 1.807) is 0 Å². The molecule has 0 amide bonds. The summed E-state index contributed by atoms with van der Waals surface area (Å²) in [6.07, 6.45) is 30.8. The van der Waals surface area contributed by atoms with E-state index < -0.39 is 92.7 Å². The van der Waals surface area contributed by atoms with Crippen LogP contribution in [-0.2, 0) is 38.0 Å². The van der Waals surface area contributed by atoms with Gasteiger partial charge < -0.3 is 64.2 Å². The van der Waals surface area contributed by atoms with Crippen LogP contribution in [0.2, 0.25) is 0 Å². The predicted octanol–water partition coefficient (Wildman–Crippen LogP) is 10.1. The van der Waals surface area contributed by atoms with E-state index >= 15 is 0 Å². The van der Waals surface area contributed by atoms with Gasteiger partial charge in [0.15, 0.2) is 18.7 Å². The average molecular weight is 1050 g/mol. The fourth-order valence-corrected chi connectivity index (χ4v) is 9.63. The highest BCUT2D eigenvalue weighted by atomic mass is 16.7. The zero-order chi connectivity index (χ0) is 53.2. The molecule has 0 bridgehead atoms. The van der Waals surface area contributed by atoms with Crippen molar-refractivity contribution in [2.75, 3.05) is 26.4 Å². The Kier molecular flexibility index (Phi) is 41.8. The van der Waals surface area contributed by atoms with Crippen LogP contribution in [0.15, 0.2) is 12.2 Å². The van der Waals surface area contributed by atoms with Gasteiger partial charge in [0.05, 0.1) is 19.8 Å². The highest BCUT2D eigenvalue weighted by Gasteiger charge is 2.47. The van der Waals surface area contributed by atoms with E-state index in [4.69, 9.17) is 28.4 Å². The Morgan fingerprint density at radius 3 is 1.21 bits per heavy atom. The minimum absolute atomic E-state index is 0.171. The van der Waals surface area contributed by atoms with Crippen molar-refractivity contribution in [3.63, 3.8) is 0 Å². The Bertz CT molecular complexity index is 1320. The molecule has 0 radical (unpaired) electrons. The average Bonchev–Trinajstić information content (AvgIpc) is 3.38. The maximum Gasteiger partial charge on any atom is 0.306 e. The molecule has 15 nitrogen and oxygen atoms in total. The van der Waals surface area contributed by atoms with Crippen LogP contribution in [0.25, 0.3) is 0 Å². The Morgan fingerprint density at radius 1 is 0.425 bits per heavy atom. The number of esters is 2. The smallest absolute Gasteiger partial charge is 0.306 e. The zero-order valence-electron chi connectivity index (χ0n) is 45.9. The molecule has 7 N–H and O–H groups in total. The first-order chi connectivity index (χ1) is 35.5. The molecule has 0 aromatic carbocycles. The molecule has 0 saturated carbocycles. The van der Waals surface area contributed by atoms with Crippen LogP contribution >= 0.6 is 0 Å². The fraction of sp³-hybridized carbons (Fsp3) is 0.931. The van der Waals surface area contributed by atoms with E-state index in [1.807, 2.05) is 0 Å². The van der Waals surface area contributed by atoms with Gasteiger partial charge >= 0.3 is 11.9 Å². The molecule has 0 aromatic heterocycles. The Labute approximate surface area is 441 Å². The number of hydrogen-bond donors (Lipinski definition) is 7. The van der Waals surface area contributed by atoms with Crippen molar-refractivity contribution < 1.29 is 73.8 Å². The van der Waals surface area contributed by atoms with Crippen molar-refractivity contribution in [1.82, 2.24) is 0 Å². The van der Waals surface area contributed by atoms with E-state index in [-0.39, 0.29) is 26.1 Å². The lowest BCUT2D eigenvalue weighted by Crippen LogP contribution is -2.61. The van der Waals surface area contributed by atoms with E-state index in [9.17, 15) is 45.3 Å². The van der Waals surface area contributed by atoms with Gasteiger partial charge in [-0.05, 0) is 38.5 Å². The second kappa shape index (κ2) is 45.3. The van der Waals surface area contributed by atoms with Gasteiger partial charge in [0.1, 0.15) is 55.4 Å². The molecule has 2 rings (SSSR count). The van der Waals surface area contributed by atoms with Crippen LogP contribution in [0.5, 0.6) is 0 Å². The van der Waals surface area contributed by atoms with Crippen molar-refractivity contribution in [2.24, 2.45) is 0 Å². The van der Waals surface area contributed by atoms with Gasteiger partial charge in [-0.25, -0.2) is 0 Å². The van der Waals surface area contributed by atoms with Crippen molar-refractivity contribution in [3.05, 3.63) is 12.2 Å². The molecule has 15 heteroatoms. The fourth-order valence-electron chi connectivity index (χ4n) is 9.63. The first kappa shape index (κ1) is 67.3. The largest absolute Gasteiger partial charge is 0.462 e. The number of unbranched alkanes of at least 4 members (excludes halogenated alkanes) is 32. The molecule has 73 heavy (non-hydrogen) atoms. The molecule has 2 aliphatic rings. The molecule has 0 spiro atoms. The third kappa shape index (κ3) is 32.6. The molecular formula is C58H108O15. The molecule has 2 aliphatic heterocycles. The number of carbonyl (C=O) groups excluding carboxylic acids is 2. The number of rotatable bonds is 48. The van der Waals surface area contributed by atoms with E-state index in [2.05, 4.69) is 26.0 Å². The van der Waals surface area contributed by atoms with Crippen LogP contribution in [0.4, 0.5) is 0 Å². The Morgan fingerprint density at radius 2 is 0.781 bits per heavy atom. The highest BCUT2D eigenvalue weighted by Crippen LogP contribution is 2.27. The summed E-state index contributed by atoms with van der Waals surface area (Å²) < 4.78 is 33.7. The lowest BCUT2D eigenvalue weighted by molar-refractivity contribution is -0.332. The van der Waals surface area contributed by atoms with Crippen molar-refractivity contribution in [1.29, 1.82) is 0 Å². The minimum Gasteiger partial charge on any atom is -0.462 e. The molecular weight excluding hydrogens is 937 g/mol. The van der Waals surface area contributed by atoms with Crippen LogP contribution < -0.4 is 0 Å². The first-order valence-electron chi connectivity index (χ1n) is 29.8. The summed E-state index contributed by atoms with van der Waals surface area (Å²) in [5.74, 6) is -0.911. The Balaban J connectivity index is 1.74. The summed E-state index contributed by atoms with van der Waals surface area (Å²) >= 11 is 0. The number of hydrogen-bond acceptors (Lipinski definition) is 15. The summed E-state index contributed by atoms with van der Waals surface area (Å²) in [7, 11) is 0. The quantitative estimate of drug-likeness (QED) is 0.0171. The van der Waals surface area contributed by atoms with Gasteiger partial charge in [-0.2, -0.15) is 0 Å². The SMILES string of the molecule is CCCCCCCC/C=C/CCCCCCCCCCCC(=O)OC[C@@H](CO[C@@H]1O[C@H](CO[C@@H]2O[C@H](CO)[C@H](O)C(O)C2O)[C@H](O)C(O)C1O)OC(=O)CCCCCCCCCCCCCCCCCCCC. The van der Waals surface area contributed by atoms with Gasteiger partial charge in [0, 0.05) is 12.8 Å². The molecule has 2 saturated heterocycles. The summed E-state index contributed by atoms with van der Waals surface area (Å²) in [4.78, 5) is 25.9. The van der Waals surface area contributed by atoms with Crippen LogP contribution in [0, 0.1) is 0 Å². The van der Waals surface area contributed by atoms with Crippen LogP contribution in [-0.4, -0.2) is 142 Å². The number of allylic oxidation sites excluding steroid dienone is 2. The molecule has 11 atom stereocenters. The summed E-state index contributed by atoms with van der Waals surface area (Å²) in [5, 5.41) is 72.3. The summed E-state index contributed by atoms with van der Waals surface area (Å²) in [6, 6.07) is 0. The van der Waals surface area contributed by atoms with Gasteiger partial charge in [0.25, 0.3) is 0 Å². The van der Waals surface area contributed by atoms with Crippen LogP contribution in [0.1, 0.15) is 251 Å². The first-order valence-corrected chi connectivity index (χ1v) is 29.8. The third-order valence-electron chi connectivity index (χ3n) is 14.5. The van der Waals surface area contributed by atoms with E-state index in [0.29, 0.717) is 12.8 Å². The van der Waals surface area contributed by atoms with Gasteiger partial charge in [-0.3, -0.25) is 9.59 Å². The predicted molar refractivity (Wildman–Crippen MR) is 285 cm³/mol. The maximum absolute atomic E-state index is 13.1. The van der Waals surface area contributed by atoms with Gasteiger partial charge in [0.2, 0.25) is 0 Å². The Hall–Kier alpha value is -1.76. The maximum atomic E-state index is 13.1. The van der Waals surface area contributed by atoms with Crippen molar-refractivity contribution in [2.45, 2.75) is 319 Å². The van der Waals surface area contributed by atoms with E-state index in [1.165, 1.54) is 173 Å². The van der Waals surface area contributed by atoms with Gasteiger partial charge in [-0.1, -0.05) is 212 Å². The summed E-state index contributed by atoms with van der Waals surface area (Å²) in [6.45, 7) is 2.64. The summed E-state index contributed by atoms with van der Waals surface area (Å²) in [5.41, 5.74) is 0. The highest BCUT2D eigenvalue weighted by molar-refractivity contribution is 5.70. The zero-order valence-corrected chi connectivity index (χ0v) is 45.9. The number of aliphatic hydroxyl groups excluding tert-OH is 7. The minimum atomic E-state index is -1.76. The van der Waals surface area contributed by atoms with Crippen molar-refractivity contribution >= 4 is 11.9 Å². The molecule has 2 heterocycles. The van der Waals surface area contributed by atoms with Crippen molar-refractivity contribution in [3.8, 4) is 0 Å². The number of ether oxygens (including phenoxy) is 6. The lowest BCUT2D eigenvalue weighted by atomic mass is 9.98.